The van der Waals surface area contributed by atoms with Gasteiger partial charge in [0.05, 0.1) is 5.70 Å². The van der Waals surface area contributed by atoms with Crippen LogP contribution in [0, 0.1) is 0 Å². The van der Waals surface area contributed by atoms with E-state index in [-0.39, 0.29) is 5.76 Å². The van der Waals surface area contributed by atoms with Crippen molar-refractivity contribution in [1.82, 2.24) is 5.32 Å². The van der Waals surface area contributed by atoms with Crippen LogP contribution in [0.25, 0.3) is 0 Å². The lowest BCUT2D eigenvalue weighted by Crippen LogP contribution is -2.22. The molecule has 0 spiro atoms. The molecule has 1 aliphatic carbocycles. The third kappa shape index (κ3) is 0.956. The molecule has 0 saturated carbocycles. The Morgan fingerprint density at radius 1 is 1.58 bits per heavy atom. The Kier molecular flexibility index (Phi) is 1.49. The van der Waals surface area contributed by atoms with Gasteiger partial charge in [0, 0.05) is 11.1 Å². The molecule has 1 unspecified atom stereocenters. The van der Waals surface area contributed by atoms with E-state index >= 15 is 0 Å². The number of fused-ring (bicyclic) bond motifs is 1. The molecule has 1 atom stereocenters. The largest absolute Gasteiger partial charge is 0.507 e. The van der Waals surface area contributed by atoms with Crippen LogP contribution in [0.5, 0.6) is 0 Å². The van der Waals surface area contributed by atoms with Gasteiger partial charge in [0.25, 0.3) is 0 Å². The number of aliphatic hydroxyl groups excluding tert-OH is 1. The second kappa shape index (κ2) is 2.31. The fraction of sp³-hybridized carbons (Fsp3) is 0.250. The van der Waals surface area contributed by atoms with Crippen molar-refractivity contribution in [2.75, 3.05) is 0 Å². The number of hydrogen-bond donors (Lipinski definition) is 3. The number of nitrogens with one attached hydrogen (secondary N) is 1. The molecule has 1 aliphatic heterocycles. The van der Waals surface area contributed by atoms with Gasteiger partial charge < -0.3 is 15.5 Å². The highest BCUT2D eigenvalue weighted by Crippen LogP contribution is 2.39. The summed E-state index contributed by atoms with van der Waals surface area (Å²) in [7, 11) is 0. The predicted molar refractivity (Wildman–Crippen MR) is 48.2 cm³/mol. The Morgan fingerprint density at radius 3 is 3.00 bits per heavy atom. The third-order valence-corrected chi connectivity index (χ3v) is 2.71. The molecule has 0 fully saturated rings. The molecule has 0 radical (unpaired) electrons. The average Bonchev–Trinajstić information content (AvgIpc) is 2.24. The van der Waals surface area contributed by atoms with Crippen LogP contribution in [0.3, 0.4) is 0 Å². The molecule has 0 amide bonds. The fourth-order valence-electron chi connectivity index (χ4n) is 1.22. The summed E-state index contributed by atoms with van der Waals surface area (Å²) in [6.07, 6.45) is 3.37. The van der Waals surface area contributed by atoms with Gasteiger partial charge in [-0.1, -0.05) is 11.8 Å². The Balaban J connectivity index is 2.48. The van der Waals surface area contributed by atoms with E-state index in [0.717, 1.165) is 4.91 Å². The molecular formula is C8H9NO2S. The highest BCUT2D eigenvalue weighted by atomic mass is 32.2. The smallest absolute Gasteiger partial charge is 0.152 e. The van der Waals surface area contributed by atoms with Gasteiger partial charge in [0.15, 0.2) is 5.76 Å². The van der Waals surface area contributed by atoms with Gasteiger partial charge >= 0.3 is 0 Å². The third-order valence-electron chi connectivity index (χ3n) is 1.87. The maximum Gasteiger partial charge on any atom is 0.152 e. The molecule has 64 valence electrons. The molecule has 3 nitrogen and oxygen atoms in total. The maximum atomic E-state index is 9.63. The summed E-state index contributed by atoms with van der Waals surface area (Å²) in [4.78, 5) is 0.875. The van der Waals surface area contributed by atoms with Crippen LogP contribution in [-0.2, 0) is 0 Å². The summed E-state index contributed by atoms with van der Waals surface area (Å²) in [6.45, 7) is 1.56. The minimum absolute atomic E-state index is 0.00523. The fourth-order valence-corrected chi connectivity index (χ4v) is 2.08. The van der Waals surface area contributed by atoms with Crippen LogP contribution < -0.4 is 5.32 Å². The van der Waals surface area contributed by atoms with Crippen molar-refractivity contribution in [3.8, 4) is 0 Å². The van der Waals surface area contributed by atoms with E-state index in [1.807, 2.05) is 5.41 Å². The van der Waals surface area contributed by atoms with Crippen molar-refractivity contribution >= 4 is 11.8 Å². The Morgan fingerprint density at radius 2 is 2.33 bits per heavy atom. The first kappa shape index (κ1) is 7.76. The van der Waals surface area contributed by atoms with Gasteiger partial charge in [-0.05, 0) is 18.4 Å². The van der Waals surface area contributed by atoms with Crippen LogP contribution in [0.15, 0.2) is 34.0 Å². The van der Waals surface area contributed by atoms with Crippen molar-refractivity contribution in [3.63, 3.8) is 0 Å². The molecule has 0 aromatic carbocycles. The first-order valence-electron chi connectivity index (χ1n) is 3.59. The molecule has 2 aliphatic rings. The summed E-state index contributed by atoms with van der Waals surface area (Å²) in [5, 5.41) is 23.9. The molecule has 4 heteroatoms. The highest BCUT2D eigenvalue weighted by molar-refractivity contribution is 8.06. The average molecular weight is 183 g/mol. The summed E-state index contributed by atoms with van der Waals surface area (Å²) < 4.78 is 0. The van der Waals surface area contributed by atoms with Gasteiger partial charge in [-0.25, -0.2) is 0 Å². The Labute approximate surface area is 74.5 Å². The van der Waals surface area contributed by atoms with E-state index < -0.39 is 5.60 Å². The predicted octanol–water partition coefficient (Wildman–Crippen LogP) is 1.21. The Hall–Kier alpha value is -0.870. The van der Waals surface area contributed by atoms with Crippen molar-refractivity contribution in [3.05, 3.63) is 34.0 Å². The molecule has 2 rings (SSSR count). The molecule has 1 heterocycles. The number of thioether (sulfide) groups is 1. The lowest BCUT2D eigenvalue weighted by molar-refractivity contribution is 0.101. The van der Waals surface area contributed by atoms with Crippen molar-refractivity contribution in [2.24, 2.45) is 0 Å². The monoisotopic (exact) mass is 183 g/mol. The second-order valence-electron chi connectivity index (χ2n) is 2.94. The van der Waals surface area contributed by atoms with Crippen LogP contribution in [0.1, 0.15) is 6.92 Å². The molecule has 3 N–H and O–H groups in total. The molecule has 0 aromatic heterocycles. The lowest BCUT2D eigenvalue weighted by atomic mass is 10.1. The summed E-state index contributed by atoms with van der Waals surface area (Å²) in [5.41, 5.74) is -0.594. The normalized spacial score (nSPS) is 33.0. The van der Waals surface area contributed by atoms with Gasteiger partial charge in [0.1, 0.15) is 5.60 Å². The minimum Gasteiger partial charge on any atom is -0.507 e. The SMILES string of the molecule is CC1(O)C=C2SC=CNC2=C1O. The summed E-state index contributed by atoms with van der Waals surface area (Å²) in [5.74, 6) is -0.00523. The van der Waals surface area contributed by atoms with Crippen molar-refractivity contribution in [2.45, 2.75) is 12.5 Å². The zero-order valence-electron chi connectivity index (χ0n) is 6.53. The Bertz CT molecular complexity index is 315. The van der Waals surface area contributed by atoms with E-state index in [4.69, 9.17) is 0 Å². The maximum absolute atomic E-state index is 9.63. The van der Waals surface area contributed by atoms with E-state index in [1.165, 1.54) is 11.8 Å². The van der Waals surface area contributed by atoms with Gasteiger partial charge in [-0.15, -0.1) is 0 Å². The number of hydrogen-bond acceptors (Lipinski definition) is 4. The van der Waals surface area contributed by atoms with E-state index in [1.54, 1.807) is 19.2 Å². The molecular weight excluding hydrogens is 174 g/mol. The number of aliphatic hydroxyl groups is 2. The van der Waals surface area contributed by atoms with Gasteiger partial charge in [0.2, 0.25) is 0 Å². The summed E-state index contributed by atoms with van der Waals surface area (Å²) >= 11 is 1.48. The first-order valence-corrected chi connectivity index (χ1v) is 4.47. The van der Waals surface area contributed by atoms with Crippen LogP contribution in [0.2, 0.25) is 0 Å². The van der Waals surface area contributed by atoms with Gasteiger partial charge in [-0.3, -0.25) is 0 Å². The van der Waals surface area contributed by atoms with E-state index in [9.17, 15) is 10.2 Å². The topological polar surface area (TPSA) is 52.5 Å². The molecule has 0 saturated heterocycles. The molecule has 0 aromatic rings. The summed E-state index contributed by atoms with van der Waals surface area (Å²) in [6, 6.07) is 0. The van der Waals surface area contributed by atoms with Crippen LogP contribution >= 0.6 is 11.8 Å². The highest BCUT2D eigenvalue weighted by Gasteiger charge is 2.35. The van der Waals surface area contributed by atoms with Crippen LogP contribution in [0.4, 0.5) is 0 Å². The van der Waals surface area contributed by atoms with E-state index in [2.05, 4.69) is 5.32 Å². The standard InChI is InChI=1S/C8H9NO2S/c1-8(11)4-5-6(7(8)10)9-2-3-12-5/h2-4,9-11H,1H3. The van der Waals surface area contributed by atoms with Crippen LogP contribution in [-0.4, -0.2) is 15.8 Å². The second-order valence-corrected chi connectivity index (χ2v) is 3.89. The lowest BCUT2D eigenvalue weighted by Gasteiger charge is -2.14. The van der Waals surface area contributed by atoms with E-state index in [0.29, 0.717) is 5.70 Å². The van der Waals surface area contributed by atoms with Crippen molar-refractivity contribution < 1.29 is 10.2 Å². The first-order chi connectivity index (χ1) is 5.61. The number of rotatable bonds is 0. The molecule has 12 heavy (non-hydrogen) atoms. The quantitative estimate of drug-likeness (QED) is 0.528. The zero-order chi connectivity index (χ0) is 8.77. The zero-order valence-corrected chi connectivity index (χ0v) is 7.35. The minimum atomic E-state index is -1.21. The van der Waals surface area contributed by atoms with Gasteiger partial charge in [-0.2, -0.15) is 0 Å². The van der Waals surface area contributed by atoms with Crippen molar-refractivity contribution in [1.29, 1.82) is 0 Å². The molecule has 0 bridgehead atoms.